The second kappa shape index (κ2) is 12.3. The maximum Gasteiger partial charge on any atom is 0.253 e. The number of carbonyl (C=O) groups excluding carboxylic acids is 3. The van der Waals surface area contributed by atoms with Gasteiger partial charge in [-0.15, -0.1) is 0 Å². The van der Waals surface area contributed by atoms with E-state index in [2.05, 4.69) is 10.6 Å². The molecule has 1 fully saturated rings. The van der Waals surface area contributed by atoms with Crippen LogP contribution in [0.15, 0.2) is 48.5 Å². The number of amides is 3. The molecule has 0 unspecified atom stereocenters. The van der Waals surface area contributed by atoms with E-state index in [4.69, 9.17) is 4.74 Å². The average molecular weight is 466 g/mol. The van der Waals surface area contributed by atoms with Crippen molar-refractivity contribution in [3.63, 3.8) is 0 Å². The zero-order chi connectivity index (χ0) is 24.5. The van der Waals surface area contributed by atoms with Crippen LogP contribution in [0.3, 0.4) is 0 Å². The van der Waals surface area contributed by atoms with Crippen LogP contribution in [0, 0.1) is 19.8 Å². The van der Waals surface area contributed by atoms with E-state index in [0.29, 0.717) is 56.6 Å². The lowest BCUT2D eigenvalue weighted by Crippen LogP contribution is -2.54. The fraction of sp³-hybridized carbons (Fsp3) is 0.444. The SMILES string of the molecule is COCCCNC(=O)[C@H](NC(=O)c1cccc(C)c1)C1CCN(C(=O)c2ccc(C)cc2)CC1. The quantitative estimate of drug-likeness (QED) is 0.557. The second-order valence-corrected chi connectivity index (χ2v) is 8.95. The fourth-order valence-corrected chi connectivity index (χ4v) is 4.26. The van der Waals surface area contributed by atoms with Crippen molar-refractivity contribution in [1.82, 2.24) is 15.5 Å². The van der Waals surface area contributed by atoms with E-state index in [-0.39, 0.29) is 23.6 Å². The van der Waals surface area contributed by atoms with Gasteiger partial charge in [0.25, 0.3) is 11.8 Å². The van der Waals surface area contributed by atoms with Crippen LogP contribution >= 0.6 is 0 Å². The van der Waals surface area contributed by atoms with E-state index < -0.39 is 6.04 Å². The summed E-state index contributed by atoms with van der Waals surface area (Å²) >= 11 is 0. The van der Waals surface area contributed by atoms with Crippen LogP contribution in [-0.4, -0.2) is 62.0 Å². The predicted octanol–water partition coefficient (Wildman–Crippen LogP) is 3.11. The van der Waals surface area contributed by atoms with Gasteiger partial charge in [0.1, 0.15) is 6.04 Å². The van der Waals surface area contributed by atoms with Gasteiger partial charge in [0.15, 0.2) is 0 Å². The van der Waals surface area contributed by atoms with E-state index in [1.807, 2.05) is 61.2 Å². The molecule has 182 valence electrons. The zero-order valence-electron chi connectivity index (χ0n) is 20.3. The van der Waals surface area contributed by atoms with Crippen LogP contribution in [0.1, 0.15) is 51.1 Å². The van der Waals surface area contributed by atoms with Crippen molar-refractivity contribution in [1.29, 1.82) is 0 Å². The summed E-state index contributed by atoms with van der Waals surface area (Å²) < 4.78 is 5.05. The van der Waals surface area contributed by atoms with Gasteiger partial charge >= 0.3 is 0 Å². The van der Waals surface area contributed by atoms with Gasteiger partial charge in [0.05, 0.1) is 0 Å². The Balaban J connectivity index is 1.66. The molecule has 1 atom stereocenters. The number of ether oxygens (including phenoxy) is 1. The molecule has 0 bridgehead atoms. The number of methoxy groups -OCH3 is 1. The minimum Gasteiger partial charge on any atom is -0.385 e. The molecule has 1 aliphatic rings. The standard InChI is InChI=1S/C27H35N3O4/c1-19-8-10-22(11-9-19)27(33)30-15-12-21(13-16-30)24(26(32)28-14-5-17-34-3)29-25(31)23-7-4-6-20(2)18-23/h4,6-11,18,21,24H,5,12-17H2,1-3H3,(H,28,32)(H,29,31)/t24-/m1/s1. The molecule has 3 amide bonds. The summed E-state index contributed by atoms with van der Waals surface area (Å²) in [6, 6.07) is 14.2. The first-order valence-electron chi connectivity index (χ1n) is 11.9. The van der Waals surface area contributed by atoms with Gasteiger partial charge in [-0.25, -0.2) is 0 Å². The molecule has 2 aromatic rings. The summed E-state index contributed by atoms with van der Waals surface area (Å²) in [6.07, 6.45) is 1.98. The van der Waals surface area contributed by atoms with Crippen molar-refractivity contribution in [2.24, 2.45) is 5.92 Å². The largest absolute Gasteiger partial charge is 0.385 e. The maximum atomic E-state index is 13.1. The Bertz CT molecular complexity index is 982. The van der Waals surface area contributed by atoms with E-state index in [0.717, 1.165) is 11.1 Å². The van der Waals surface area contributed by atoms with Crippen LogP contribution in [-0.2, 0) is 9.53 Å². The summed E-state index contributed by atoms with van der Waals surface area (Å²) in [4.78, 5) is 40.7. The van der Waals surface area contributed by atoms with Gasteiger partial charge in [0, 0.05) is 44.5 Å². The van der Waals surface area contributed by atoms with Crippen molar-refractivity contribution in [2.45, 2.75) is 39.2 Å². The van der Waals surface area contributed by atoms with E-state index in [1.54, 1.807) is 13.2 Å². The molecule has 34 heavy (non-hydrogen) atoms. The van der Waals surface area contributed by atoms with Crippen LogP contribution in [0.4, 0.5) is 0 Å². The summed E-state index contributed by atoms with van der Waals surface area (Å²) in [5.41, 5.74) is 3.29. The molecular weight excluding hydrogens is 430 g/mol. The molecule has 0 aliphatic carbocycles. The Morgan fingerprint density at radius 2 is 1.71 bits per heavy atom. The Morgan fingerprint density at radius 1 is 1.00 bits per heavy atom. The molecule has 0 radical (unpaired) electrons. The highest BCUT2D eigenvalue weighted by Gasteiger charge is 2.34. The van der Waals surface area contributed by atoms with Crippen LogP contribution in [0.2, 0.25) is 0 Å². The van der Waals surface area contributed by atoms with Crippen molar-refractivity contribution >= 4 is 17.7 Å². The molecule has 7 heteroatoms. The lowest BCUT2D eigenvalue weighted by Gasteiger charge is -2.36. The predicted molar refractivity (Wildman–Crippen MR) is 132 cm³/mol. The maximum absolute atomic E-state index is 13.1. The molecule has 0 saturated carbocycles. The monoisotopic (exact) mass is 465 g/mol. The molecule has 0 spiro atoms. The lowest BCUT2D eigenvalue weighted by molar-refractivity contribution is -0.124. The van der Waals surface area contributed by atoms with Gasteiger partial charge < -0.3 is 20.3 Å². The summed E-state index contributed by atoms with van der Waals surface area (Å²) in [6.45, 7) is 6.05. The summed E-state index contributed by atoms with van der Waals surface area (Å²) in [5, 5.41) is 5.90. The van der Waals surface area contributed by atoms with Crippen molar-refractivity contribution in [3.8, 4) is 0 Å². The lowest BCUT2D eigenvalue weighted by atomic mass is 9.88. The second-order valence-electron chi connectivity index (χ2n) is 8.95. The van der Waals surface area contributed by atoms with Crippen LogP contribution < -0.4 is 10.6 Å². The molecule has 1 aliphatic heterocycles. The van der Waals surface area contributed by atoms with Crippen molar-refractivity contribution in [2.75, 3.05) is 33.4 Å². The molecule has 2 aromatic carbocycles. The first-order chi connectivity index (χ1) is 16.4. The highest BCUT2D eigenvalue weighted by molar-refractivity contribution is 5.98. The highest BCUT2D eigenvalue weighted by Crippen LogP contribution is 2.23. The number of carbonyl (C=O) groups is 3. The van der Waals surface area contributed by atoms with E-state index in [9.17, 15) is 14.4 Å². The molecule has 2 N–H and O–H groups in total. The van der Waals surface area contributed by atoms with Gasteiger partial charge in [-0.3, -0.25) is 14.4 Å². The number of nitrogens with zero attached hydrogens (tertiary/aromatic N) is 1. The van der Waals surface area contributed by atoms with Gasteiger partial charge in [0.2, 0.25) is 5.91 Å². The number of hydrogen-bond acceptors (Lipinski definition) is 4. The topological polar surface area (TPSA) is 87.7 Å². The van der Waals surface area contributed by atoms with Crippen molar-refractivity contribution in [3.05, 3.63) is 70.8 Å². The first kappa shape index (κ1) is 25.4. The fourth-order valence-electron chi connectivity index (χ4n) is 4.26. The third kappa shape index (κ3) is 6.90. The summed E-state index contributed by atoms with van der Waals surface area (Å²) in [7, 11) is 1.62. The van der Waals surface area contributed by atoms with Crippen molar-refractivity contribution < 1.29 is 19.1 Å². The molecule has 3 rings (SSSR count). The number of rotatable bonds is 9. The Labute approximate surface area is 201 Å². The first-order valence-corrected chi connectivity index (χ1v) is 11.9. The van der Waals surface area contributed by atoms with Gasteiger partial charge in [-0.1, -0.05) is 35.4 Å². The van der Waals surface area contributed by atoms with Crippen LogP contribution in [0.25, 0.3) is 0 Å². The minimum atomic E-state index is -0.660. The smallest absolute Gasteiger partial charge is 0.253 e. The number of hydrogen-bond donors (Lipinski definition) is 2. The number of nitrogens with one attached hydrogen (secondary N) is 2. The third-order valence-corrected chi connectivity index (χ3v) is 6.27. The number of aryl methyl sites for hydroxylation is 2. The molecule has 1 heterocycles. The van der Waals surface area contributed by atoms with Gasteiger partial charge in [-0.05, 0) is 63.3 Å². The Morgan fingerprint density at radius 3 is 2.35 bits per heavy atom. The number of piperidine rings is 1. The Hall–Kier alpha value is -3.19. The van der Waals surface area contributed by atoms with Crippen LogP contribution in [0.5, 0.6) is 0 Å². The number of benzene rings is 2. The van der Waals surface area contributed by atoms with Gasteiger partial charge in [-0.2, -0.15) is 0 Å². The normalized spacial score (nSPS) is 15.0. The molecule has 0 aromatic heterocycles. The molecule has 7 nitrogen and oxygen atoms in total. The average Bonchev–Trinajstić information content (AvgIpc) is 2.85. The van der Waals surface area contributed by atoms with E-state index >= 15 is 0 Å². The molecule has 1 saturated heterocycles. The third-order valence-electron chi connectivity index (χ3n) is 6.27. The number of likely N-dealkylation sites (tertiary alicyclic amines) is 1. The minimum absolute atomic E-state index is 0.00261. The zero-order valence-corrected chi connectivity index (χ0v) is 20.3. The van der Waals surface area contributed by atoms with E-state index in [1.165, 1.54) is 0 Å². The Kier molecular flexibility index (Phi) is 9.22. The molecular formula is C27H35N3O4. The highest BCUT2D eigenvalue weighted by atomic mass is 16.5. The summed E-state index contributed by atoms with van der Waals surface area (Å²) in [5.74, 6) is -0.514.